The fourth-order valence-corrected chi connectivity index (χ4v) is 2.18. The zero-order valence-corrected chi connectivity index (χ0v) is 11.6. The number of hydrogen-bond donors (Lipinski definition) is 1. The number of fused-ring (bicyclic) bond motifs is 1. The van der Waals surface area contributed by atoms with Gasteiger partial charge in [0.05, 0.1) is 5.52 Å². The molecule has 0 spiro atoms. The van der Waals surface area contributed by atoms with E-state index in [1.54, 1.807) is 12.1 Å². The van der Waals surface area contributed by atoms with Crippen LogP contribution in [0.1, 0.15) is 5.56 Å². The van der Waals surface area contributed by atoms with Gasteiger partial charge < -0.3 is 9.15 Å². The molecule has 2 heterocycles. The monoisotopic (exact) mass is 311 g/mol. The lowest BCUT2D eigenvalue weighted by atomic mass is 10.2. The fraction of sp³-hybridized carbons (Fsp3) is 0.0833. The number of halogens is 2. The summed E-state index contributed by atoms with van der Waals surface area (Å²) in [6, 6.07) is 4.74. The molecule has 0 amide bonds. The lowest BCUT2D eigenvalue weighted by Crippen LogP contribution is -1.93. The standard InChI is InChI=1S/C12H7Cl2N3O3/c1-5-2-6(3-7-10(5)17-12(18)20-7)19-9-4-8(13)15-11(14)16-9/h2-4H,1H3,(H,17,18). The molecule has 3 aromatic rings. The van der Waals surface area contributed by atoms with Crippen molar-refractivity contribution in [3.8, 4) is 11.6 Å². The predicted octanol–water partition coefficient (Wildman–Crippen LogP) is 3.32. The van der Waals surface area contributed by atoms with E-state index in [1.807, 2.05) is 6.92 Å². The molecule has 1 N–H and O–H groups in total. The van der Waals surface area contributed by atoms with E-state index in [-0.39, 0.29) is 16.3 Å². The van der Waals surface area contributed by atoms with Crippen LogP contribution in [0.15, 0.2) is 27.4 Å². The summed E-state index contributed by atoms with van der Waals surface area (Å²) in [5, 5.41) is 0.157. The van der Waals surface area contributed by atoms with E-state index < -0.39 is 5.76 Å². The van der Waals surface area contributed by atoms with Gasteiger partial charge in [0.25, 0.3) is 0 Å². The molecule has 0 radical (unpaired) electrons. The highest BCUT2D eigenvalue weighted by Gasteiger charge is 2.09. The Labute approximate surface area is 122 Å². The lowest BCUT2D eigenvalue weighted by Gasteiger charge is -2.06. The number of hydrogen-bond acceptors (Lipinski definition) is 5. The van der Waals surface area contributed by atoms with Gasteiger partial charge in [-0.25, -0.2) is 9.78 Å². The van der Waals surface area contributed by atoms with Crippen LogP contribution in [0.4, 0.5) is 0 Å². The Balaban J connectivity index is 2.04. The molecule has 3 rings (SSSR count). The van der Waals surface area contributed by atoms with E-state index in [0.29, 0.717) is 16.8 Å². The number of nitrogens with one attached hydrogen (secondary N) is 1. The largest absolute Gasteiger partial charge is 0.439 e. The van der Waals surface area contributed by atoms with Gasteiger partial charge in [0, 0.05) is 12.1 Å². The molecule has 0 aliphatic heterocycles. The topological polar surface area (TPSA) is 81.0 Å². The molecule has 0 saturated heterocycles. The summed E-state index contributed by atoms with van der Waals surface area (Å²) in [5.41, 5.74) is 1.83. The van der Waals surface area contributed by atoms with Gasteiger partial charge in [-0.3, -0.25) is 4.98 Å². The number of benzene rings is 1. The van der Waals surface area contributed by atoms with Crippen molar-refractivity contribution in [2.24, 2.45) is 0 Å². The average molecular weight is 312 g/mol. The zero-order chi connectivity index (χ0) is 14.3. The van der Waals surface area contributed by atoms with Gasteiger partial charge in [-0.15, -0.1) is 0 Å². The molecule has 0 bridgehead atoms. The molecule has 20 heavy (non-hydrogen) atoms. The van der Waals surface area contributed by atoms with Gasteiger partial charge in [-0.2, -0.15) is 4.98 Å². The molecule has 102 valence electrons. The Morgan fingerprint density at radius 1 is 1.25 bits per heavy atom. The summed E-state index contributed by atoms with van der Waals surface area (Å²) >= 11 is 11.5. The quantitative estimate of drug-likeness (QED) is 0.580. The average Bonchev–Trinajstić information content (AvgIpc) is 2.68. The first-order valence-electron chi connectivity index (χ1n) is 5.53. The summed E-state index contributed by atoms with van der Waals surface area (Å²) in [7, 11) is 0. The van der Waals surface area contributed by atoms with E-state index in [2.05, 4.69) is 15.0 Å². The van der Waals surface area contributed by atoms with Gasteiger partial charge >= 0.3 is 5.76 Å². The Morgan fingerprint density at radius 2 is 2.05 bits per heavy atom. The van der Waals surface area contributed by atoms with Crippen molar-refractivity contribution in [1.29, 1.82) is 0 Å². The highest BCUT2D eigenvalue weighted by atomic mass is 35.5. The van der Waals surface area contributed by atoms with Gasteiger partial charge in [0.1, 0.15) is 10.9 Å². The summed E-state index contributed by atoms with van der Waals surface area (Å²) in [4.78, 5) is 21.4. The first-order valence-corrected chi connectivity index (χ1v) is 6.28. The molecule has 8 heteroatoms. The van der Waals surface area contributed by atoms with Crippen LogP contribution in [-0.4, -0.2) is 15.0 Å². The minimum absolute atomic E-state index is 0.0153. The Kier molecular flexibility index (Phi) is 3.11. The van der Waals surface area contributed by atoms with Gasteiger partial charge in [0.2, 0.25) is 11.2 Å². The molecular formula is C12H7Cl2N3O3. The van der Waals surface area contributed by atoms with Crippen LogP contribution >= 0.6 is 23.2 Å². The normalized spacial score (nSPS) is 10.9. The van der Waals surface area contributed by atoms with Crippen LogP contribution in [0, 0.1) is 6.92 Å². The van der Waals surface area contributed by atoms with Crippen LogP contribution in [0.3, 0.4) is 0 Å². The summed E-state index contributed by atoms with van der Waals surface area (Å²) in [6.07, 6.45) is 0. The van der Waals surface area contributed by atoms with Crippen molar-refractivity contribution in [2.45, 2.75) is 6.92 Å². The number of ether oxygens (including phenoxy) is 1. The van der Waals surface area contributed by atoms with Crippen molar-refractivity contribution in [1.82, 2.24) is 15.0 Å². The highest BCUT2D eigenvalue weighted by molar-refractivity contribution is 6.31. The number of nitrogens with zero attached hydrogens (tertiary/aromatic N) is 2. The van der Waals surface area contributed by atoms with Gasteiger partial charge in [0.15, 0.2) is 5.58 Å². The Morgan fingerprint density at radius 3 is 2.80 bits per heavy atom. The van der Waals surface area contributed by atoms with Crippen LogP contribution in [0.2, 0.25) is 10.4 Å². The molecule has 0 atom stereocenters. The first kappa shape index (κ1) is 13.0. The second kappa shape index (κ2) is 4.81. The number of aryl methyl sites for hydroxylation is 1. The molecule has 0 aliphatic carbocycles. The van der Waals surface area contributed by atoms with E-state index in [9.17, 15) is 4.79 Å². The van der Waals surface area contributed by atoms with E-state index in [0.717, 1.165) is 5.56 Å². The maximum Gasteiger partial charge on any atom is 0.417 e. The second-order valence-corrected chi connectivity index (χ2v) is 4.75. The van der Waals surface area contributed by atoms with Crippen LogP contribution in [0.25, 0.3) is 11.1 Å². The number of aromatic amines is 1. The van der Waals surface area contributed by atoms with E-state index >= 15 is 0 Å². The summed E-state index contributed by atoms with van der Waals surface area (Å²) in [6.45, 7) is 1.82. The summed E-state index contributed by atoms with van der Waals surface area (Å²) < 4.78 is 10.5. The van der Waals surface area contributed by atoms with E-state index in [4.69, 9.17) is 32.4 Å². The predicted molar refractivity (Wildman–Crippen MR) is 73.7 cm³/mol. The van der Waals surface area contributed by atoms with Crippen LogP contribution < -0.4 is 10.5 Å². The molecule has 0 saturated carbocycles. The zero-order valence-electron chi connectivity index (χ0n) is 10.1. The van der Waals surface area contributed by atoms with Crippen LogP contribution in [0.5, 0.6) is 11.6 Å². The maximum atomic E-state index is 11.2. The highest BCUT2D eigenvalue weighted by Crippen LogP contribution is 2.27. The molecular weight excluding hydrogens is 305 g/mol. The smallest absolute Gasteiger partial charge is 0.417 e. The first-order chi connectivity index (χ1) is 9.51. The third kappa shape index (κ3) is 2.48. The Bertz CT molecular complexity index is 837. The van der Waals surface area contributed by atoms with E-state index in [1.165, 1.54) is 6.07 Å². The molecule has 2 aromatic heterocycles. The molecule has 0 unspecified atom stereocenters. The third-order valence-corrected chi connectivity index (χ3v) is 2.93. The van der Waals surface area contributed by atoms with Crippen molar-refractivity contribution >= 4 is 34.3 Å². The van der Waals surface area contributed by atoms with Crippen molar-refractivity contribution in [3.05, 3.63) is 44.7 Å². The summed E-state index contributed by atoms with van der Waals surface area (Å²) in [5.74, 6) is 0.128. The van der Waals surface area contributed by atoms with Gasteiger partial charge in [-0.1, -0.05) is 11.6 Å². The molecule has 6 nitrogen and oxygen atoms in total. The molecule has 0 aliphatic rings. The van der Waals surface area contributed by atoms with Crippen LogP contribution in [-0.2, 0) is 0 Å². The lowest BCUT2D eigenvalue weighted by molar-refractivity contribution is 0.460. The minimum atomic E-state index is -0.520. The fourth-order valence-electron chi connectivity index (χ4n) is 1.79. The number of aromatic nitrogens is 3. The van der Waals surface area contributed by atoms with Crippen molar-refractivity contribution in [3.63, 3.8) is 0 Å². The maximum absolute atomic E-state index is 11.2. The third-order valence-electron chi connectivity index (χ3n) is 2.57. The molecule has 1 aromatic carbocycles. The number of oxazole rings is 1. The SMILES string of the molecule is Cc1cc(Oc2cc(Cl)nc(Cl)n2)cc2oc(=O)[nH]c12. The molecule has 0 fully saturated rings. The minimum Gasteiger partial charge on any atom is -0.439 e. The number of H-pyrrole nitrogens is 1. The number of rotatable bonds is 2. The van der Waals surface area contributed by atoms with Crippen molar-refractivity contribution < 1.29 is 9.15 Å². The second-order valence-electron chi connectivity index (χ2n) is 4.03. The van der Waals surface area contributed by atoms with Gasteiger partial charge in [-0.05, 0) is 30.2 Å². The Hall–Kier alpha value is -2.05. The van der Waals surface area contributed by atoms with Crippen molar-refractivity contribution in [2.75, 3.05) is 0 Å².